The Morgan fingerprint density at radius 2 is 1.86 bits per heavy atom. The van der Waals surface area contributed by atoms with Crippen molar-refractivity contribution >= 4 is 17.7 Å². The second-order valence-corrected chi connectivity index (χ2v) is 8.71. The molecule has 1 amide bonds. The van der Waals surface area contributed by atoms with Crippen LogP contribution in [-0.2, 0) is 4.79 Å². The Kier molecular flexibility index (Phi) is 8.33. The molecule has 0 atom stereocenters. The SMILES string of the molecule is CN(CC1CCCCCCC1)C(=O)CCCSc1nnnn1-c1ccccc1. The summed E-state index contributed by atoms with van der Waals surface area (Å²) in [6.07, 6.45) is 10.7. The molecule has 2 aromatic rings. The van der Waals surface area contributed by atoms with Gasteiger partial charge in [0.1, 0.15) is 0 Å². The van der Waals surface area contributed by atoms with Crippen molar-refractivity contribution in [3.63, 3.8) is 0 Å². The molecule has 1 aliphatic carbocycles. The predicted molar refractivity (Wildman–Crippen MR) is 113 cm³/mol. The summed E-state index contributed by atoms with van der Waals surface area (Å²) in [6, 6.07) is 9.87. The van der Waals surface area contributed by atoms with Crippen LogP contribution in [0, 0.1) is 5.92 Å². The maximum absolute atomic E-state index is 12.5. The molecule has 3 rings (SSSR count). The fraction of sp³-hybridized carbons (Fsp3) is 0.619. The Labute approximate surface area is 172 Å². The smallest absolute Gasteiger partial charge is 0.222 e. The van der Waals surface area contributed by atoms with Gasteiger partial charge in [0.25, 0.3) is 0 Å². The molecule has 0 radical (unpaired) electrons. The lowest BCUT2D eigenvalue weighted by molar-refractivity contribution is -0.130. The minimum absolute atomic E-state index is 0.255. The molecule has 0 saturated heterocycles. The average molecular weight is 402 g/mol. The van der Waals surface area contributed by atoms with E-state index in [1.54, 1.807) is 16.4 Å². The van der Waals surface area contributed by atoms with E-state index in [2.05, 4.69) is 15.5 Å². The third-order valence-electron chi connectivity index (χ3n) is 5.39. The van der Waals surface area contributed by atoms with Crippen LogP contribution < -0.4 is 0 Å². The maximum Gasteiger partial charge on any atom is 0.222 e. The van der Waals surface area contributed by atoms with Crippen molar-refractivity contribution in [1.29, 1.82) is 0 Å². The average Bonchev–Trinajstić information content (AvgIpc) is 3.16. The van der Waals surface area contributed by atoms with Gasteiger partial charge in [-0.05, 0) is 47.7 Å². The van der Waals surface area contributed by atoms with Gasteiger partial charge in [-0.15, -0.1) is 5.10 Å². The Balaban J connectivity index is 1.39. The van der Waals surface area contributed by atoms with Crippen LogP contribution in [0.25, 0.3) is 5.69 Å². The van der Waals surface area contributed by atoms with Crippen LogP contribution in [0.1, 0.15) is 57.8 Å². The molecule has 1 aromatic carbocycles. The molecule has 1 fully saturated rings. The highest BCUT2D eigenvalue weighted by Crippen LogP contribution is 2.23. The zero-order valence-electron chi connectivity index (χ0n) is 16.8. The van der Waals surface area contributed by atoms with Gasteiger partial charge in [0.05, 0.1) is 5.69 Å². The van der Waals surface area contributed by atoms with Crippen LogP contribution in [0.5, 0.6) is 0 Å². The van der Waals surface area contributed by atoms with Crippen molar-refractivity contribution in [3.8, 4) is 5.69 Å². The number of thioether (sulfide) groups is 1. The second-order valence-electron chi connectivity index (χ2n) is 7.65. The fourth-order valence-electron chi connectivity index (χ4n) is 3.79. The van der Waals surface area contributed by atoms with E-state index in [9.17, 15) is 4.79 Å². The van der Waals surface area contributed by atoms with Gasteiger partial charge >= 0.3 is 0 Å². The summed E-state index contributed by atoms with van der Waals surface area (Å²) >= 11 is 1.60. The van der Waals surface area contributed by atoms with Crippen molar-refractivity contribution < 1.29 is 4.79 Å². The molecule has 1 aliphatic rings. The zero-order valence-corrected chi connectivity index (χ0v) is 17.6. The largest absolute Gasteiger partial charge is 0.345 e. The van der Waals surface area contributed by atoms with Crippen molar-refractivity contribution in [1.82, 2.24) is 25.1 Å². The fourth-order valence-corrected chi connectivity index (χ4v) is 4.62. The lowest BCUT2D eigenvalue weighted by Gasteiger charge is -2.25. The number of tetrazole rings is 1. The monoisotopic (exact) mass is 401 g/mol. The summed E-state index contributed by atoms with van der Waals surface area (Å²) < 4.78 is 1.74. The number of aromatic nitrogens is 4. The number of hydrogen-bond acceptors (Lipinski definition) is 5. The highest BCUT2D eigenvalue weighted by atomic mass is 32.2. The molecule has 0 spiro atoms. The number of carbonyl (C=O) groups excluding carboxylic acids is 1. The minimum Gasteiger partial charge on any atom is -0.345 e. The summed E-state index contributed by atoms with van der Waals surface area (Å²) in [7, 11) is 1.96. The highest BCUT2D eigenvalue weighted by Gasteiger charge is 2.17. The van der Waals surface area contributed by atoms with Gasteiger partial charge in [-0.1, -0.05) is 62.1 Å². The quantitative estimate of drug-likeness (QED) is 0.486. The summed E-state index contributed by atoms with van der Waals surface area (Å²) in [6.45, 7) is 0.915. The molecule has 0 aliphatic heterocycles. The summed E-state index contributed by atoms with van der Waals surface area (Å²) in [5.74, 6) is 1.76. The molecule has 1 heterocycles. The Morgan fingerprint density at radius 3 is 2.61 bits per heavy atom. The van der Waals surface area contributed by atoms with Crippen LogP contribution >= 0.6 is 11.8 Å². The van der Waals surface area contributed by atoms with E-state index in [0.717, 1.165) is 29.6 Å². The summed E-state index contributed by atoms with van der Waals surface area (Å²) in [5, 5.41) is 12.7. The Hall–Kier alpha value is -1.89. The van der Waals surface area contributed by atoms with Crippen LogP contribution in [-0.4, -0.2) is 50.4 Å². The first-order chi connectivity index (χ1) is 13.7. The van der Waals surface area contributed by atoms with E-state index in [0.29, 0.717) is 12.3 Å². The number of carbonyl (C=O) groups is 1. The van der Waals surface area contributed by atoms with Crippen LogP contribution in [0.2, 0.25) is 0 Å². The van der Waals surface area contributed by atoms with E-state index in [1.807, 2.05) is 42.3 Å². The van der Waals surface area contributed by atoms with Crippen LogP contribution in [0.15, 0.2) is 35.5 Å². The first-order valence-electron chi connectivity index (χ1n) is 10.4. The van der Waals surface area contributed by atoms with Gasteiger partial charge in [0.15, 0.2) is 0 Å². The number of rotatable bonds is 8. The molecular formula is C21H31N5OS. The summed E-state index contributed by atoms with van der Waals surface area (Å²) in [4.78, 5) is 14.4. The number of para-hydroxylation sites is 1. The molecule has 0 unspecified atom stereocenters. The highest BCUT2D eigenvalue weighted by molar-refractivity contribution is 7.99. The maximum atomic E-state index is 12.5. The number of nitrogens with zero attached hydrogens (tertiary/aromatic N) is 5. The van der Waals surface area contributed by atoms with Gasteiger partial charge in [-0.25, -0.2) is 0 Å². The van der Waals surface area contributed by atoms with Crippen molar-refractivity contribution in [3.05, 3.63) is 30.3 Å². The molecule has 1 aromatic heterocycles. The van der Waals surface area contributed by atoms with Crippen LogP contribution in [0.4, 0.5) is 0 Å². The number of benzene rings is 1. The second kappa shape index (κ2) is 11.2. The van der Waals surface area contributed by atoms with Crippen molar-refractivity contribution in [2.24, 2.45) is 5.92 Å². The Bertz CT molecular complexity index is 713. The normalized spacial score (nSPS) is 15.8. The van der Waals surface area contributed by atoms with Gasteiger partial charge in [-0.3, -0.25) is 4.79 Å². The van der Waals surface area contributed by atoms with Crippen LogP contribution in [0.3, 0.4) is 0 Å². The lowest BCUT2D eigenvalue weighted by atomic mass is 9.91. The third kappa shape index (κ3) is 6.33. The molecule has 0 N–H and O–H groups in total. The molecule has 152 valence electrons. The molecular weight excluding hydrogens is 370 g/mol. The molecule has 0 bridgehead atoms. The molecule has 1 saturated carbocycles. The van der Waals surface area contributed by atoms with Crippen molar-refractivity contribution in [2.75, 3.05) is 19.3 Å². The van der Waals surface area contributed by atoms with E-state index >= 15 is 0 Å². The van der Waals surface area contributed by atoms with E-state index in [-0.39, 0.29) is 5.91 Å². The van der Waals surface area contributed by atoms with Crippen molar-refractivity contribution in [2.45, 2.75) is 62.9 Å². The van der Waals surface area contributed by atoms with Gasteiger partial charge in [0, 0.05) is 25.8 Å². The minimum atomic E-state index is 0.255. The first kappa shape index (κ1) is 20.8. The van der Waals surface area contributed by atoms with E-state index < -0.39 is 0 Å². The van der Waals surface area contributed by atoms with Gasteiger partial charge in [0.2, 0.25) is 11.1 Å². The first-order valence-corrected chi connectivity index (χ1v) is 11.4. The molecule has 6 nitrogen and oxygen atoms in total. The van der Waals surface area contributed by atoms with E-state index in [4.69, 9.17) is 0 Å². The standard InChI is InChI=1S/C21H31N5OS/c1-25(17-18-11-6-3-2-4-7-12-18)20(27)15-10-16-28-21-22-23-24-26(21)19-13-8-5-9-14-19/h5,8-9,13-14,18H,2-4,6-7,10-12,15-17H2,1H3. The summed E-state index contributed by atoms with van der Waals surface area (Å²) in [5.41, 5.74) is 0.949. The molecule has 7 heteroatoms. The zero-order chi connectivity index (χ0) is 19.6. The predicted octanol–water partition coefficient (Wildman–Crippen LogP) is 4.35. The van der Waals surface area contributed by atoms with Gasteiger partial charge in [-0.2, -0.15) is 4.68 Å². The number of hydrogen-bond donors (Lipinski definition) is 0. The Morgan fingerprint density at radius 1 is 1.14 bits per heavy atom. The number of amides is 1. The molecule has 28 heavy (non-hydrogen) atoms. The lowest BCUT2D eigenvalue weighted by Crippen LogP contribution is -2.32. The van der Waals surface area contributed by atoms with E-state index in [1.165, 1.54) is 44.9 Å². The topological polar surface area (TPSA) is 63.9 Å². The third-order valence-corrected chi connectivity index (χ3v) is 6.40. The van der Waals surface area contributed by atoms with Gasteiger partial charge < -0.3 is 4.90 Å².